The first kappa shape index (κ1) is 24.8. The van der Waals surface area contributed by atoms with Gasteiger partial charge in [0.2, 0.25) is 5.82 Å². The summed E-state index contributed by atoms with van der Waals surface area (Å²) in [4.78, 5) is 4.22. The predicted octanol–water partition coefficient (Wildman–Crippen LogP) is 2.18. The van der Waals surface area contributed by atoms with E-state index in [0.717, 1.165) is 31.7 Å². The fourth-order valence-corrected chi connectivity index (χ4v) is 3.35. The zero-order chi connectivity index (χ0) is 20.8. The summed E-state index contributed by atoms with van der Waals surface area (Å²) in [5.74, 6) is 5.72. The van der Waals surface area contributed by atoms with Crippen LogP contribution in [0.1, 0.15) is 12.1 Å². The van der Waals surface area contributed by atoms with Crippen LogP contribution >= 0.6 is 41.7 Å². The number of halogens is 2. The molecule has 1 saturated heterocycles. The number of nitrogens with two attached hydrogens (primary N) is 1. The van der Waals surface area contributed by atoms with Crippen LogP contribution in [0.2, 0.25) is 0 Å². The third-order valence-electron chi connectivity index (χ3n) is 4.03. The number of nitrogens with zero attached hydrogens (tertiary/aromatic N) is 5. The highest BCUT2D eigenvalue weighted by Crippen LogP contribution is 2.24. The molecular weight excluding hydrogens is 503 g/mol. The van der Waals surface area contributed by atoms with Gasteiger partial charge < -0.3 is 5.32 Å². The Morgan fingerprint density at radius 2 is 2.37 bits per heavy atom. The highest BCUT2D eigenvalue weighted by Gasteiger charge is 2.25. The quantitative estimate of drug-likeness (QED) is 0.101. The summed E-state index contributed by atoms with van der Waals surface area (Å²) in [5, 5.41) is 22.1. The molecule has 0 bridgehead atoms. The first-order valence-corrected chi connectivity index (χ1v) is 10.0. The second kappa shape index (κ2) is 11.8. The first-order chi connectivity index (χ1) is 14.0. The van der Waals surface area contributed by atoms with E-state index in [1.807, 2.05) is 10.5 Å². The molecule has 30 heavy (non-hydrogen) atoms. The van der Waals surface area contributed by atoms with Crippen LogP contribution in [0.5, 0.6) is 0 Å². The van der Waals surface area contributed by atoms with Gasteiger partial charge in [-0.1, -0.05) is 0 Å². The van der Waals surface area contributed by atoms with E-state index in [4.69, 9.17) is 14.8 Å². The van der Waals surface area contributed by atoms with E-state index in [-0.39, 0.29) is 29.5 Å². The maximum absolute atomic E-state index is 13.4. The van der Waals surface area contributed by atoms with Gasteiger partial charge in [0.25, 0.3) is 0 Å². The van der Waals surface area contributed by atoms with Crippen molar-refractivity contribution < 1.29 is 18.5 Å². The average molecular weight is 525 g/mol. The van der Waals surface area contributed by atoms with E-state index in [1.165, 1.54) is 22.6 Å². The molecular formula is C15H22BrFN8O3S2. The second-order valence-electron chi connectivity index (χ2n) is 6.25. The molecule has 1 aliphatic heterocycles. The molecule has 166 valence electrons. The zero-order valence-electron chi connectivity index (χ0n) is 15.9. The van der Waals surface area contributed by atoms with E-state index in [1.54, 1.807) is 7.05 Å². The number of anilines is 1. The van der Waals surface area contributed by atoms with Gasteiger partial charge in [-0.05, 0) is 56.8 Å². The number of hydroxylamine groups is 3. The minimum absolute atomic E-state index is 0. The Balaban J connectivity index is 0.00000320. The van der Waals surface area contributed by atoms with E-state index >= 15 is 0 Å². The Morgan fingerprint density at radius 1 is 1.57 bits per heavy atom. The minimum Gasteiger partial charge on any atom is -0.365 e. The standard InChI is InChI=1S/C15H20BrFN8O3S.H2S/c1-24(18)29-28-25-5-4-9(8-25)7-19-14-13(22-27-23-14)15(21-26)20-10-2-3-12(17)11(16)6-10;/h2-3,6,9,26H,4-5,7-8,18H2,1H3,(H,19,23)(H,20,21);1H2. The van der Waals surface area contributed by atoms with Crippen molar-refractivity contribution in [2.45, 2.75) is 6.42 Å². The Hall–Kier alpha value is -1.46. The third-order valence-corrected chi connectivity index (χ3v) is 5.15. The maximum atomic E-state index is 13.4. The van der Waals surface area contributed by atoms with E-state index in [2.05, 4.69) is 36.6 Å². The van der Waals surface area contributed by atoms with Crippen LogP contribution in [0, 0.1) is 11.7 Å². The number of benzene rings is 1. The molecule has 1 unspecified atom stereocenters. The Labute approximate surface area is 192 Å². The molecule has 1 atom stereocenters. The topological polar surface area (TPSA) is 137 Å². The summed E-state index contributed by atoms with van der Waals surface area (Å²) in [7, 11) is 1.69. The lowest BCUT2D eigenvalue weighted by Crippen LogP contribution is -2.26. The van der Waals surface area contributed by atoms with Gasteiger partial charge in [-0.15, -0.1) is 0 Å². The Kier molecular flexibility index (Phi) is 9.76. The van der Waals surface area contributed by atoms with Gasteiger partial charge >= 0.3 is 0 Å². The highest BCUT2D eigenvalue weighted by atomic mass is 79.9. The number of aliphatic imine (C=N–C) groups is 1. The molecule has 0 saturated carbocycles. The average Bonchev–Trinajstić information content (AvgIpc) is 3.34. The van der Waals surface area contributed by atoms with Crippen LogP contribution < -0.4 is 16.6 Å². The third kappa shape index (κ3) is 6.78. The van der Waals surface area contributed by atoms with Crippen molar-refractivity contribution in [2.24, 2.45) is 16.8 Å². The lowest BCUT2D eigenvalue weighted by molar-refractivity contribution is -0.0193. The van der Waals surface area contributed by atoms with Crippen molar-refractivity contribution in [3.63, 3.8) is 0 Å². The molecule has 1 aromatic heterocycles. The van der Waals surface area contributed by atoms with Gasteiger partial charge in [0, 0.05) is 26.7 Å². The molecule has 2 aromatic rings. The van der Waals surface area contributed by atoms with E-state index in [9.17, 15) is 9.60 Å². The molecule has 5 N–H and O–H groups in total. The SMILES string of the molecule is CN(N)SON1CCC(CNc2nonc2C(=Nc2ccc(F)c(Br)c2)NO)C1.S. The molecule has 11 nitrogen and oxygen atoms in total. The number of hydrogen-bond donors (Lipinski definition) is 4. The molecule has 15 heteroatoms. The Bertz CT molecular complexity index is 859. The molecule has 2 heterocycles. The van der Waals surface area contributed by atoms with Crippen LogP contribution in [0.25, 0.3) is 0 Å². The van der Waals surface area contributed by atoms with E-state index in [0.29, 0.717) is 24.0 Å². The summed E-state index contributed by atoms with van der Waals surface area (Å²) >= 11 is 4.16. The number of amidine groups is 1. The van der Waals surface area contributed by atoms with Crippen LogP contribution in [-0.4, -0.2) is 57.5 Å². The summed E-state index contributed by atoms with van der Waals surface area (Å²) in [6.45, 7) is 2.09. The fraction of sp³-hybridized carbons (Fsp3) is 0.400. The smallest absolute Gasteiger partial charge is 0.202 e. The molecule has 3 rings (SSSR count). The zero-order valence-corrected chi connectivity index (χ0v) is 19.3. The Morgan fingerprint density at radius 3 is 3.07 bits per heavy atom. The summed E-state index contributed by atoms with van der Waals surface area (Å²) < 4.78 is 25.3. The van der Waals surface area contributed by atoms with Crippen LogP contribution in [-0.2, 0) is 4.28 Å². The number of hydrogen-bond acceptors (Lipinski definition) is 11. The number of aromatic nitrogens is 2. The van der Waals surface area contributed by atoms with Gasteiger partial charge in [-0.25, -0.2) is 18.3 Å². The first-order valence-electron chi connectivity index (χ1n) is 8.55. The molecule has 0 amide bonds. The van der Waals surface area contributed by atoms with Crippen molar-refractivity contribution >= 4 is 59.0 Å². The molecule has 1 fully saturated rings. The number of nitrogens with one attached hydrogen (secondary N) is 2. The summed E-state index contributed by atoms with van der Waals surface area (Å²) in [5.41, 5.74) is 2.57. The highest BCUT2D eigenvalue weighted by molar-refractivity contribution is 9.10. The maximum Gasteiger partial charge on any atom is 0.202 e. The van der Waals surface area contributed by atoms with Crippen molar-refractivity contribution in [3.8, 4) is 0 Å². The van der Waals surface area contributed by atoms with Crippen molar-refractivity contribution in [2.75, 3.05) is 32.0 Å². The normalized spacial score (nSPS) is 17.3. The lowest BCUT2D eigenvalue weighted by atomic mass is 10.1. The van der Waals surface area contributed by atoms with Gasteiger partial charge in [0.15, 0.2) is 11.5 Å². The molecule has 0 spiro atoms. The summed E-state index contributed by atoms with van der Waals surface area (Å²) in [6, 6.07) is 4.19. The van der Waals surface area contributed by atoms with Crippen molar-refractivity contribution in [1.29, 1.82) is 0 Å². The lowest BCUT2D eigenvalue weighted by Gasteiger charge is -2.16. The van der Waals surface area contributed by atoms with Crippen LogP contribution in [0.4, 0.5) is 15.9 Å². The predicted molar refractivity (Wildman–Crippen MR) is 119 cm³/mol. The van der Waals surface area contributed by atoms with Crippen LogP contribution in [0.3, 0.4) is 0 Å². The molecule has 0 aliphatic carbocycles. The largest absolute Gasteiger partial charge is 0.365 e. The van der Waals surface area contributed by atoms with Crippen molar-refractivity contribution in [1.82, 2.24) is 25.3 Å². The van der Waals surface area contributed by atoms with E-state index < -0.39 is 5.82 Å². The van der Waals surface area contributed by atoms with Gasteiger partial charge in [-0.3, -0.25) is 16.5 Å². The number of rotatable bonds is 8. The fourth-order valence-electron chi connectivity index (χ4n) is 2.65. The molecule has 1 aliphatic rings. The van der Waals surface area contributed by atoms with Gasteiger partial charge in [0.05, 0.1) is 10.2 Å². The number of hydrazine groups is 1. The van der Waals surface area contributed by atoms with Gasteiger partial charge in [-0.2, -0.15) is 23.0 Å². The summed E-state index contributed by atoms with van der Waals surface area (Å²) in [6.07, 6.45) is 0.922. The van der Waals surface area contributed by atoms with Gasteiger partial charge in [0.1, 0.15) is 18.0 Å². The molecule has 0 radical (unpaired) electrons. The monoisotopic (exact) mass is 524 g/mol. The van der Waals surface area contributed by atoms with Crippen LogP contribution in [0.15, 0.2) is 32.3 Å². The second-order valence-corrected chi connectivity index (χ2v) is 7.98. The van der Waals surface area contributed by atoms with Crippen molar-refractivity contribution in [3.05, 3.63) is 34.2 Å². The molecule has 1 aromatic carbocycles. The minimum atomic E-state index is -0.418.